The van der Waals surface area contributed by atoms with E-state index in [2.05, 4.69) is 0 Å². The zero-order valence-electron chi connectivity index (χ0n) is 8.86. The summed E-state index contributed by atoms with van der Waals surface area (Å²) in [4.78, 5) is 1.10. The summed E-state index contributed by atoms with van der Waals surface area (Å²) >= 11 is 0. The van der Waals surface area contributed by atoms with Crippen molar-refractivity contribution < 1.29 is 18.3 Å². The molecule has 0 aromatic carbocycles. The quantitative estimate of drug-likeness (QED) is 0.755. The van der Waals surface area contributed by atoms with Gasteiger partial charge in [-0.1, -0.05) is 13.8 Å². The van der Waals surface area contributed by atoms with Crippen molar-refractivity contribution in [2.24, 2.45) is 0 Å². The maximum Gasteiger partial charge on any atom is 0.401 e. The summed E-state index contributed by atoms with van der Waals surface area (Å²) in [6.45, 7) is 2.62. The SMILES string of the molecule is CCC(O)(CC)CN(C)CC(F)(F)F. The third-order valence-electron chi connectivity index (χ3n) is 2.33. The van der Waals surface area contributed by atoms with Crippen LogP contribution in [0.2, 0.25) is 0 Å². The molecule has 86 valence electrons. The Morgan fingerprint density at radius 2 is 1.50 bits per heavy atom. The van der Waals surface area contributed by atoms with Crippen LogP contribution in [0.4, 0.5) is 13.2 Å². The molecule has 0 aliphatic heterocycles. The molecule has 0 amide bonds. The summed E-state index contributed by atoms with van der Waals surface area (Å²) in [6, 6.07) is 0. The topological polar surface area (TPSA) is 23.5 Å². The molecule has 0 radical (unpaired) electrons. The van der Waals surface area contributed by atoms with Gasteiger partial charge in [0.25, 0.3) is 0 Å². The van der Waals surface area contributed by atoms with Gasteiger partial charge in [0.15, 0.2) is 0 Å². The van der Waals surface area contributed by atoms with Crippen molar-refractivity contribution in [3.63, 3.8) is 0 Å². The lowest BCUT2D eigenvalue weighted by Gasteiger charge is -2.30. The predicted octanol–water partition coefficient (Wildman–Crippen LogP) is 2.03. The Hall–Kier alpha value is -0.290. The van der Waals surface area contributed by atoms with E-state index in [-0.39, 0.29) is 6.54 Å². The first kappa shape index (κ1) is 13.7. The summed E-state index contributed by atoms with van der Waals surface area (Å²) in [5, 5.41) is 9.79. The molecule has 0 fully saturated rings. The molecule has 5 heteroatoms. The van der Waals surface area contributed by atoms with E-state index < -0.39 is 18.3 Å². The van der Waals surface area contributed by atoms with Crippen molar-refractivity contribution >= 4 is 0 Å². The summed E-state index contributed by atoms with van der Waals surface area (Å²) in [5.41, 5.74) is -1.00. The first-order valence-corrected chi connectivity index (χ1v) is 4.70. The molecule has 0 bridgehead atoms. The largest absolute Gasteiger partial charge is 0.401 e. The van der Waals surface area contributed by atoms with Crippen LogP contribution < -0.4 is 0 Å². The number of likely N-dealkylation sites (N-methyl/N-ethyl adjacent to an activating group) is 1. The Morgan fingerprint density at radius 1 is 1.07 bits per heavy atom. The van der Waals surface area contributed by atoms with Crippen LogP contribution in [-0.2, 0) is 0 Å². The second-order valence-corrected chi connectivity index (χ2v) is 3.72. The van der Waals surface area contributed by atoms with E-state index in [1.165, 1.54) is 7.05 Å². The minimum atomic E-state index is -4.20. The van der Waals surface area contributed by atoms with Gasteiger partial charge in [0.05, 0.1) is 12.1 Å². The average Bonchev–Trinajstić information content (AvgIpc) is 2.00. The Bertz CT molecular complexity index is 166. The van der Waals surface area contributed by atoms with Crippen LogP contribution >= 0.6 is 0 Å². The molecule has 14 heavy (non-hydrogen) atoms. The van der Waals surface area contributed by atoms with E-state index in [0.29, 0.717) is 12.8 Å². The Morgan fingerprint density at radius 3 is 1.79 bits per heavy atom. The lowest BCUT2D eigenvalue weighted by Crippen LogP contribution is -2.43. The highest BCUT2D eigenvalue weighted by Crippen LogP contribution is 2.20. The smallest absolute Gasteiger partial charge is 0.389 e. The van der Waals surface area contributed by atoms with E-state index >= 15 is 0 Å². The molecule has 2 nitrogen and oxygen atoms in total. The molecule has 0 aromatic rings. The summed E-state index contributed by atoms with van der Waals surface area (Å²) in [7, 11) is 1.36. The Balaban J connectivity index is 4.10. The van der Waals surface area contributed by atoms with E-state index in [1.54, 1.807) is 13.8 Å². The lowest BCUT2D eigenvalue weighted by molar-refractivity contribution is -0.149. The predicted molar refractivity (Wildman–Crippen MR) is 49.1 cm³/mol. The molecule has 0 saturated heterocycles. The van der Waals surface area contributed by atoms with Crippen molar-refractivity contribution in [1.29, 1.82) is 0 Å². The van der Waals surface area contributed by atoms with Gasteiger partial charge in [0, 0.05) is 6.54 Å². The number of aliphatic hydroxyl groups is 1. The maximum atomic E-state index is 12.0. The minimum absolute atomic E-state index is 0.0551. The zero-order valence-corrected chi connectivity index (χ0v) is 8.86. The second kappa shape index (κ2) is 4.98. The third-order valence-corrected chi connectivity index (χ3v) is 2.33. The van der Waals surface area contributed by atoms with E-state index in [1.807, 2.05) is 0 Å². The molecule has 0 rings (SSSR count). The molecule has 1 N–H and O–H groups in total. The summed E-state index contributed by atoms with van der Waals surface area (Å²) < 4.78 is 35.9. The van der Waals surface area contributed by atoms with E-state index in [4.69, 9.17) is 0 Å². The van der Waals surface area contributed by atoms with Crippen LogP contribution in [0.15, 0.2) is 0 Å². The van der Waals surface area contributed by atoms with Crippen molar-refractivity contribution in [1.82, 2.24) is 4.90 Å². The second-order valence-electron chi connectivity index (χ2n) is 3.72. The highest BCUT2D eigenvalue weighted by Gasteiger charge is 2.32. The van der Waals surface area contributed by atoms with Crippen LogP contribution in [0, 0.1) is 0 Å². The number of halogens is 3. The summed E-state index contributed by atoms with van der Waals surface area (Å²) in [5.74, 6) is 0. The molecule has 0 aliphatic carbocycles. The van der Waals surface area contributed by atoms with Gasteiger partial charge in [-0.25, -0.2) is 0 Å². The van der Waals surface area contributed by atoms with Crippen molar-refractivity contribution in [2.75, 3.05) is 20.1 Å². The molecule has 0 atom stereocenters. The Kier molecular flexibility index (Phi) is 4.88. The third kappa shape index (κ3) is 5.44. The number of hydrogen-bond acceptors (Lipinski definition) is 2. The highest BCUT2D eigenvalue weighted by atomic mass is 19.4. The highest BCUT2D eigenvalue weighted by molar-refractivity contribution is 4.79. The molecule has 0 unspecified atom stereocenters. The molecule has 0 spiro atoms. The van der Waals surface area contributed by atoms with Gasteiger partial charge >= 0.3 is 6.18 Å². The fourth-order valence-electron chi connectivity index (χ4n) is 1.34. The molecule has 0 aliphatic rings. The van der Waals surface area contributed by atoms with Gasteiger partial charge in [-0.05, 0) is 19.9 Å². The number of alkyl halides is 3. The van der Waals surface area contributed by atoms with Gasteiger partial charge in [-0.3, -0.25) is 4.90 Å². The van der Waals surface area contributed by atoms with Crippen molar-refractivity contribution in [2.45, 2.75) is 38.5 Å². The fraction of sp³-hybridized carbons (Fsp3) is 1.00. The molecule has 0 aromatic heterocycles. The monoisotopic (exact) mass is 213 g/mol. The van der Waals surface area contributed by atoms with Gasteiger partial charge in [-0.15, -0.1) is 0 Å². The van der Waals surface area contributed by atoms with Gasteiger partial charge < -0.3 is 5.11 Å². The van der Waals surface area contributed by atoms with Gasteiger partial charge in [0.1, 0.15) is 0 Å². The van der Waals surface area contributed by atoms with Crippen LogP contribution in [0.25, 0.3) is 0 Å². The Labute approximate surface area is 82.7 Å². The van der Waals surface area contributed by atoms with Crippen LogP contribution in [-0.4, -0.2) is 41.9 Å². The molecular weight excluding hydrogens is 195 g/mol. The van der Waals surface area contributed by atoms with E-state index in [0.717, 1.165) is 4.90 Å². The zero-order chi connectivity index (χ0) is 11.4. The fourth-order valence-corrected chi connectivity index (χ4v) is 1.34. The van der Waals surface area contributed by atoms with Crippen LogP contribution in [0.5, 0.6) is 0 Å². The van der Waals surface area contributed by atoms with E-state index in [9.17, 15) is 18.3 Å². The standard InChI is InChI=1S/C9H18F3NO/c1-4-8(14,5-2)6-13(3)7-9(10,11)12/h14H,4-7H2,1-3H3. The molecule has 0 saturated carbocycles. The minimum Gasteiger partial charge on any atom is -0.389 e. The number of nitrogens with zero attached hydrogens (tertiary/aromatic N) is 1. The first-order chi connectivity index (χ1) is 6.22. The average molecular weight is 213 g/mol. The van der Waals surface area contributed by atoms with Crippen molar-refractivity contribution in [3.05, 3.63) is 0 Å². The maximum absolute atomic E-state index is 12.0. The van der Waals surface area contributed by atoms with Crippen molar-refractivity contribution in [3.8, 4) is 0 Å². The molecular formula is C9H18F3NO. The normalized spacial score (nSPS) is 13.7. The number of rotatable bonds is 5. The first-order valence-electron chi connectivity index (χ1n) is 4.70. The van der Waals surface area contributed by atoms with Crippen LogP contribution in [0.1, 0.15) is 26.7 Å². The van der Waals surface area contributed by atoms with Gasteiger partial charge in [-0.2, -0.15) is 13.2 Å². The summed E-state index contributed by atoms with van der Waals surface area (Å²) in [6.07, 6.45) is -3.27. The lowest BCUT2D eigenvalue weighted by atomic mass is 9.97. The van der Waals surface area contributed by atoms with Crippen LogP contribution in [0.3, 0.4) is 0 Å². The van der Waals surface area contributed by atoms with Gasteiger partial charge in [0.2, 0.25) is 0 Å². The number of hydrogen-bond donors (Lipinski definition) is 1. The molecule has 0 heterocycles.